The number of hydrogen-bond donors (Lipinski definition) is 1. The third-order valence-corrected chi connectivity index (χ3v) is 3.29. The van der Waals surface area contributed by atoms with E-state index in [1.54, 1.807) is 0 Å². The smallest absolute Gasteiger partial charge is 0.233 e. The second-order valence-electron chi connectivity index (χ2n) is 4.70. The van der Waals surface area contributed by atoms with Crippen LogP contribution in [-0.2, 0) is 6.42 Å². The lowest BCUT2D eigenvalue weighted by atomic mass is 10.1. The monoisotopic (exact) mass is 243 g/mol. The molecule has 0 aliphatic carbocycles. The highest BCUT2D eigenvalue weighted by atomic mass is 16.4. The lowest BCUT2D eigenvalue weighted by Gasteiger charge is -2.19. The molecule has 4 heteroatoms. The molecule has 1 aromatic heterocycles. The molecule has 0 spiro atoms. The van der Waals surface area contributed by atoms with Crippen molar-refractivity contribution in [1.29, 1.82) is 0 Å². The van der Waals surface area contributed by atoms with Crippen LogP contribution in [0.2, 0.25) is 0 Å². The second-order valence-corrected chi connectivity index (χ2v) is 4.70. The maximum atomic E-state index is 5.74. The van der Waals surface area contributed by atoms with Crippen LogP contribution in [0.3, 0.4) is 0 Å². The molecule has 0 bridgehead atoms. The normalized spacial score (nSPS) is 19.9. The fraction of sp³-hybridized carbons (Fsp3) is 0.429. The number of aromatic nitrogens is 2. The average molecular weight is 243 g/mol. The summed E-state index contributed by atoms with van der Waals surface area (Å²) in [6.07, 6.45) is 4.27. The molecule has 0 saturated carbocycles. The predicted molar refractivity (Wildman–Crippen MR) is 68.1 cm³/mol. The summed E-state index contributed by atoms with van der Waals surface area (Å²) in [4.78, 5) is 0. The standard InChI is InChI=1S/C14H17N3O/c1-2-6-11(7-3-1)10-13-16-17-14(18-13)12-8-4-5-9-15-12/h1-3,6-7,12,15H,4-5,8-10H2/t12-/m0/s1. The lowest BCUT2D eigenvalue weighted by molar-refractivity contribution is 0.330. The van der Waals surface area contributed by atoms with Crippen LogP contribution >= 0.6 is 0 Å². The van der Waals surface area contributed by atoms with Crippen molar-refractivity contribution < 1.29 is 4.42 Å². The third kappa shape index (κ3) is 2.59. The first-order valence-corrected chi connectivity index (χ1v) is 6.51. The van der Waals surface area contributed by atoms with Gasteiger partial charge in [0.25, 0.3) is 0 Å². The molecule has 1 fully saturated rings. The molecular weight excluding hydrogens is 226 g/mol. The SMILES string of the molecule is c1ccc(Cc2nnc([C@@H]3CCCCN3)o2)cc1. The van der Waals surface area contributed by atoms with Gasteiger partial charge in [-0.3, -0.25) is 0 Å². The van der Waals surface area contributed by atoms with Gasteiger partial charge in [-0.05, 0) is 24.9 Å². The van der Waals surface area contributed by atoms with E-state index in [1.165, 1.54) is 18.4 Å². The Bertz CT molecular complexity index is 489. The van der Waals surface area contributed by atoms with Gasteiger partial charge in [-0.25, -0.2) is 0 Å². The van der Waals surface area contributed by atoms with E-state index in [0.29, 0.717) is 12.3 Å². The summed E-state index contributed by atoms with van der Waals surface area (Å²) in [7, 11) is 0. The Hall–Kier alpha value is -1.68. The van der Waals surface area contributed by atoms with Crippen molar-refractivity contribution in [3.8, 4) is 0 Å². The number of nitrogens with one attached hydrogen (secondary N) is 1. The Labute approximate surface area is 106 Å². The van der Waals surface area contributed by atoms with Crippen LogP contribution in [0.25, 0.3) is 0 Å². The first kappa shape index (κ1) is 11.4. The second kappa shape index (κ2) is 5.31. The zero-order chi connectivity index (χ0) is 12.2. The summed E-state index contributed by atoms with van der Waals surface area (Å²) < 4.78 is 5.74. The lowest BCUT2D eigenvalue weighted by Crippen LogP contribution is -2.26. The minimum atomic E-state index is 0.246. The number of rotatable bonds is 3. The number of benzene rings is 1. The molecule has 1 saturated heterocycles. The van der Waals surface area contributed by atoms with Crippen molar-refractivity contribution in [2.45, 2.75) is 31.7 Å². The van der Waals surface area contributed by atoms with E-state index < -0.39 is 0 Å². The molecule has 2 aromatic rings. The number of hydrogen-bond acceptors (Lipinski definition) is 4. The molecule has 4 nitrogen and oxygen atoms in total. The van der Waals surface area contributed by atoms with Gasteiger partial charge in [-0.15, -0.1) is 10.2 Å². The van der Waals surface area contributed by atoms with Crippen LogP contribution in [0.1, 0.15) is 42.6 Å². The van der Waals surface area contributed by atoms with Gasteiger partial charge in [-0.1, -0.05) is 36.8 Å². The Morgan fingerprint density at radius 3 is 2.83 bits per heavy atom. The van der Waals surface area contributed by atoms with Gasteiger partial charge in [0, 0.05) is 0 Å². The molecule has 1 atom stereocenters. The molecule has 3 rings (SSSR count). The number of nitrogens with zero attached hydrogens (tertiary/aromatic N) is 2. The van der Waals surface area contributed by atoms with Crippen LogP contribution in [0, 0.1) is 0 Å². The molecule has 0 unspecified atom stereocenters. The largest absolute Gasteiger partial charge is 0.423 e. The van der Waals surface area contributed by atoms with Crippen LogP contribution in [0.4, 0.5) is 0 Å². The summed E-state index contributed by atoms with van der Waals surface area (Å²) in [5.74, 6) is 1.43. The first-order valence-electron chi connectivity index (χ1n) is 6.51. The molecule has 2 heterocycles. The van der Waals surface area contributed by atoms with E-state index in [0.717, 1.165) is 18.9 Å². The van der Waals surface area contributed by atoms with Gasteiger partial charge in [0.05, 0.1) is 12.5 Å². The fourth-order valence-electron chi connectivity index (χ4n) is 2.31. The van der Waals surface area contributed by atoms with Crippen molar-refractivity contribution in [1.82, 2.24) is 15.5 Å². The maximum absolute atomic E-state index is 5.74. The third-order valence-electron chi connectivity index (χ3n) is 3.29. The fourth-order valence-corrected chi connectivity index (χ4v) is 2.31. The Morgan fingerprint density at radius 1 is 1.17 bits per heavy atom. The van der Waals surface area contributed by atoms with Crippen molar-refractivity contribution >= 4 is 0 Å². The maximum Gasteiger partial charge on any atom is 0.233 e. The Morgan fingerprint density at radius 2 is 2.06 bits per heavy atom. The molecule has 1 aromatic carbocycles. The minimum Gasteiger partial charge on any atom is -0.423 e. The summed E-state index contributed by atoms with van der Waals surface area (Å²) in [6, 6.07) is 10.4. The van der Waals surface area contributed by atoms with E-state index in [2.05, 4.69) is 27.6 Å². The summed E-state index contributed by atoms with van der Waals surface area (Å²) in [6.45, 7) is 1.04. The first-order chi connectivity index (χ1) is 8.92. The zero-order valence-corrected chi connectivity index (χ0v) is 10.3. The van der Waals surface area contributed by atoms with E-state index in [4.69, 9.17) is 4.42 Å². The summed E-state index contributed by atoms with van der Waals surface area (Å²) >= 11 is 0. The van der Waals surface area contributed by atoms with Crippen LogP contribution in [-0.4, -0.2) is 16.7 Å². The van der Waals surface area contributed by atoms with Crippen LogP contribution in [0.15, 0.2) is 34.7 Å². The minimum absolute atomic E-state index is 0.246. The summed E-state index contributed by atoms with van der Waals surface area (Å²) in [5.41, 5.74) is 1.20. The highest BCUT2D eigenvalue weighted by molar-refractivity contribution is 5.17. The molecule has 1 aliphatic rings. The molecule has 94 valence electrons. The van der Waals surface area contributed by atoms with E-state index in [9.17, 15) is 0 Å². The highest BCUT2D eigenvalue weighted by Crippen LogP contribution is 2.22. The van der Waals surface area contributed by atoms with Crippen molar-refractivity contribution in [3.05, 3.63) is 47.7 Å². The molecule has 0 amide bonds. The highest BCUT2D eigenvalue weighted by Gasteiger charge is 2.20. The Balaban J connectivity index is 1.69. The summed E-state index contributed by atoms with van der Waals surface area (Å²) in [5, 5.41) is 11.7. The van der Waals surface area contributed by atoms with E-state index >= 15 is 0 Å². The topological polar surface area (TPSA) is 51.0 Å². The predicted octanol–water partition coefficient (Wildman–Crippen LogP) is 2.48. The quantitative estimate of drug-likeness (QED) is 0.899. The van der Waals surface area contributed by atoms with E-state index in [-0.39, 0.29) is 6.04 Å². The van der Waals surface area contributed by atoms with Gasteiger partial charge in [0.1, 0.15) is 0 Å². The van der Waals surface area contributed by atoms with Gasteiger partial charge in [-0.2, -0.15) is 0 Å². The Kier molecular flexibility index (Phi) is 3.37. The van der Waals surface area contributed by atoms with Crippen LogP contribution < -0.4 is 5.32 Å². The van der Waals surface area contributed by atoms with Crippen molar-refractivity contribution in [3.63, 3.8) is 0 Å². The average Bonchev–Trinajstić information content (AvgIpc) is 2.89. The zero-order valence-electron chi connectivity index (χ0n) is 10.3. The van der Waals surface area contributed by atoms with Crippen molar-refractivity contribution in [2.75, 3.05) is 6.54 Å². The van der Waals surface area contributed by atoms with E-state index in [1.807, 2.05) is 18.2 Å². The van der Waals surface area contributed by atoms with Gasteiger partial charge in [0.15, 0.2) is 0 Å². The van der Waals surface area contributed by atoms with Gasteiger partial charge >= 0.3 is 0 Å². The molecule has 1 aliphatic heterocycles. The van der Waals surface area contributed by atoms with Crippen molar-refractivity contribution in [2.24, 2.45) is 0 Å². The molecular formula is C14H17N3O. The molecule has 1 N–H and O–H groups in total. The van der Waals surface area contributed by atoms with Gasteiger partial charge < -0.3 is 9.73 Å². The number of piperidine rings is 1. The van der Waals surface area contributed by atoms with Crippen LogP contribution in [0.5, 0.6) is 0 Å². The van der Waals surface area contributed by atoms with Gasteiger partial charge in [0.2, 0.25) is 11.8 Å². The molecule has 0 radical (unpaired) electrons. The molecule has 18 heavy (non-hydrogen) atoms.